The molecular formula is C21H20FN3O2. The Balaban J connectivity index is 1.48. The van der Waals surface area contributed by atoms with Gasteiger partial charge in [0.25, 0.3) is 0 Å². The Morgan fingerprint density at radius 2 is 1.89 bits per heavy atom. The summed E-state index contributed by atoms with van der Waals surface area (Å²) >= 11 is 0. The molecule has 0 spiro atoms. The summed E-state index contributed by atoms with van der Waals surface area (Å²) in [6, 6.07) is 13.8. The van der Waals surface area contributed by atoms with Crippen LogP contribution < -0.4 is 5.43 Å². The van der Waals surface area contributed by atoms with E-state index in [0.29, 0.717) is 24.9 Å². The first-order valence-electron chi connectivity index (χ1n) is 9.10. The van der Waals surface area contributed by atoms with Gasteiger partial charge in [-0.2, -0.15) is 5.10 Å². The van der Waals surface area contributed by atoms with Crippen molar-refractivity contribution in [2.75, 3.05) is 0 Å². The monoisotopic (exact) mass is 365 g/mol. The van der Waals surface area contributed by atoms with Crippen molar-refractivity contribution in [1.82, 2.24) is 14.7 Å². The molecule has 1 aromatic heterocycles. The van der Waals surface area contributed by atoms with Crippen molar-refractivity contribution in [3.63, 3.8) is 0 Å². The molecular weight excluding hydrogens is 345 g/mol. The number of halogens is 1. The van der Waals surface area contributed by atoms with Crippen LogP contribution in [0, 0.1) is 5.82 Å². The van der Waals surface area contributed by atoms with Crippen LogP contribution in [0.15, 0.2) is 59.5 Å². The van der Waals surface area contributed by atoms with Crippen LogP contribution >= 0.6 is 0 Å². The van der Waals surface area contributed by atoms with Crippen molar-refractivity contribution in [3.05, 3.63) is 76.3 Å². The van der Waals surface area contributed by atoms with Crippen molar-refractivity contribution >= 4 is 16.8 Å². The van der Waals surface area contributed by atoms with Gasteiger partial charge in [0, 0.05) is 24.4 Å². The van der Waals surface area contributed by atoms with E-state index in [-0.39, 0.29) is 23.2 Å². The number of aryl methyl sites for hydroxylation is 1. The number of benzene rings is 2. The first-order valence-corrected chi connectivity index (χ1v) is 9.10. The minimum absolute atomic E-state index is 0.0476. The molecule has 0 bridgehead atoms. The van der Waals surface area contributed by atoms with Crippen molar-refractivity contribution in [3.8, 4) is 0 Å². The lowest BCUT2D eigenvalue weighted by Gasteiger charge is -2.23. The predicted molar refractivity (Wildman–Crippen MR) is 101 cm³/mol. The summed E-state index contributed by atoms with van der Waals surface area (Å²) in [6.07, 6.45) is 3.61. The van der Waals surface area contributed by atoms with Crippen LogP contribution in [-0.4, -0.2) is 26.6 Å². The quantitative estimate of drug-likeness (QED) is 0.674. The van der Waals surface area contributed by atoms with Crippen LogP contribution in [0.5, 0.6) is 0 Å². The molecule has 1 aliphatic carbocycles. The van der Waals surface area contributed by atoms with Gasteiger partial charge in [0.05, 0.1) is 18.3 Å². The first-order chi connectivity index (χ1) is 13.1. The second-order valence-corrected chi connectivity index (χ2v) is 6.88. The number of carbonyl (C=O) groups is 1. The van der Waals surface area contributed by atoms with Gasteiger partial charge >= 0.3 is 0 Å². The summed E-state index contributed by atoms with van der Waals surface area (Å²) in [4.78, 5) is 26.6. The average molecular weight is 365 g/mol. The molecule has 1 saturated carbocycles. The number of aromatic nitrogens is 2. The largest absolute Gasteiger partial charge is 0.335 e. The van der Waals surface area contributed by atoms with Crippen LogP contribution in [0.25, 0.3) is 10.9 Å². The van der Waals surface area contributed by atoms with Crippen LogP contribution in [0.3, 0.4) is 0 Å². The van der Waals surface area contributed by atoms with Gasteiger partial charge in [-0.15, -0.1) is 0 Å². The normalized spacial score (nSPS) is 13.7. The van der Waals surface area contributed by atoms with E-state index in [1.54, 1.807) is 22.9 Å². The van der Waals surface area contributed by atoms with E-state index >= 15 is 0 Å². The maximum absolute atomic E-state index is 13.1. The molecule has 5 nitrogen and oxygen atoms in total. The third-order valence-corrected chi connectivity index (χ3v) is 4.87. The van der Waals surface area contributed by atoms with Crippen LogP contribution in [0.4, 0.5) is 4.39 Å². The molecule has 0 unspecified atom stereocenters. The fraction of sp³-hybridized carbons (Fsp3) is 0.286. The first kappa shape index (κ1) is 17.4. The Labute approximate surface area is 156 Å². The van der Waals surface area contributed by atoms with Crippen molar-refractivity contribution in [1.29, 1.82) is 0 Å². The van der Waals surface area contributed by atoms with Gasteiger partial charge in [0.15, 0.2) is 0 Å². The zero-order valence-corrected chi connectivity index (χ0v) is 14.8. The molecule has 1 heterocycles. The molecule has 0 aliphatic heterocycles. The highest BCUT2D eigenvalue weighted by molar-refractivity contribution is 5.79. The lowest BCUT2D eigenvalue weighted by atomic mass is 10.2. The highest BCUT2D eigenvalue weighted by atomic mass is 19.1. The van der Waals surface area contributed by atoms with Gasteiger partial charge in [-0.25, -0.2) is 4.39 Å². The molecule has 0 N–H and O–H groups in total. The smallest absolute Gasteiger partial charge is 0.224 e. The Hall–Kier alpha value is -3.02. The minimum atomic E-state index is -0.278. The van der Waals surface area contributed by atoms with Gasteiger partial charge < -0.3 is 4.90 Å². The van der Waals surface area contributed by atoms with Gasteiger partial charge in [0.1, 0.15) is 5.82 Å². The van der Waals surface area contributed by atoms with E-state index in [9.17, 15) is 14.0 Å². The van der Waals surface area contributed by atoms with E-state index in [4.69, 9.17) is 0 Å². The molecule has 1 amide bonds. The highest BCUT2D eigenvalue weighted by Crippen LogP contribution is 2.29. The Morgan fingerprint density at radius 1 is 1.15 bits per heavy atom. The second-order valence-electron chi connectivity index (χ2n) is 6.88. The highest BCUT2D eigenvalue weighted by Gasteiger charge is 2.32. The Morgan fingerprint density at radius 3 is 2.63 bits per heavy atom. The van der Waals surface area contributed by atoms with Crippen molar-refractivity contribution in [2.45, 2.75) is 38.4 Å². The van der Waals surface area contributed by atoms with E-state index in [1.807, 2.05) is 23.1 Å². The topological polar surface area (TPSA) is 55.2 Å². The Bertz CT molecular complexity index is 1030. The van der Waals surface area contributed by atoms with Gasteiger partial charge in [0.2, 0.25) is 11.3 Å². The predicted octanol–water partition coefficient (Wildman–Crippen LogP) is 3.12. The molecule has 0 atom stereocenters. The summed E-state index contributed by atoms with van der Waals surface area (Å²) < 4.78 is 14.8. The molecule has 6 heteroatoms. The average Bonchev–Trinajstić information content (AvgIpc) is 3.52. The van der Waals surface area contributed by atoms with Gasteiger partial charge in [-0.3, -0.25) is 14.3 Å². The van der Waals surface area contributed by atoms with Crippen molar-refractivity contribution in [2.24, 2.45) is 0 Å². The molecule has 2 aromatic carbocycles. The minimum Gasteiger partial charge on any atom is -0.335 e. The fourth-order valence-corrected chi connectivity index (χ4v) is 3.28. The molecule has 0 saturated heterocycles. The molecule has 27 heavy (non-hydrogen) atoms. The molecule has 4 rings (SSSR count). The standard InChI is InChI=1S/C21H20FN3O2/c22-16-7-5-15(6-8-16)14-24(17-9-10-17)21(27)11-12-25-19-4-2-1-3-18(19)20(26)13-23-25/h1-8,13,17H,9-12,14H2. The summed E-state index contributed by atoms with van der Waals surface area (Å²) in [7, 11) is 0. The molecule has 1 aliphatic rings. The maximum atomic E-state index is 13.1. The summed E-state index contributed by atoms with van der Waals surface area (Å²) in [5, 5.41) is 4.79. The number of rotatable bonds is 6. The van der Waals surface area contributed by atoms with E-state index in [0.717, 1.165) is 23.9 Å². The van der Waals surface area contributed by atoms with Crippen LogP contribution in [0.1, 0.15) is 24.8 Å². The van der Waals surface area contributed by atoms with Crippen LogP contribution in [0.2, 0.25) is 0 Å². The fourth-order valence-electron chi connectivity index (χ4n) is 3.28. The summed E-state index contributed by atoms with van der Waals surface area (Å²) in [6.45, 7) is 0.897. The molecule has 3 aromatic rings. The number of nitrogens with zero attached hydrogens (tertiary/aromatic N) is 3. The number of amides is 1. The summed E-state index contributed by atoms with van der Waals surface area (Å²) in [5.41, 5.74) is 1.53. The van der Waals surface area contributed by atoms with Crippen molar-refractivity contribution < 1.29 is 9.18 Å². The van der Waals surface area contributed by atoms with Gasteiger partial charge in [-0.05, 0) is 42.7 Å². The number of para-hydroxylation sites is 1. The number of carbonyl (C=O) groups excluding carboxylic acids is 1. The third-order valence-electron chi connectivity index (χ3n) is 4.87. The number of fused-ring (bicyclic) bond motifs is 1. The Kier molecular flexibility index (Phi) is 4.71. The molecule has 138 valence electrons. The second kappa shape index (κ2) is 7.31. The molecule has 0 radical (unpaired) electrons. The van der Waals surface area contributed by atoms with E-state index < -0.39 is 0 Å². The van der Waals surface area contributed by atoms with Gasteiger partial charge in [-0.1, -0.05) is 24.3 Å². The van der Waals surface area contributed by atoms with Crippen LogP contribution in [-0.2, 0) is 17.9 Å². The zero-order chi connectivity index (χ0) is 18.8. The van der Waals surface area contributed by atoms with E-state index in [1.165, 1.54) is 18.3 Å². The van der Waals surface area contributed by atoms with E-state index in [2.05, 4.69) is 5.10 Å². The summed E-state index contributed by atoms with van der Waals surface area (Å²) in [5.74, 6) is -0.231. The lowest BCUT2D eigenvalue weighted by molar-refractivity contribution is -0.132. The SMILES string of the molecule is O=C(CCn1ncc(=O)c2ccccc21)N(Cc1ccc(F)cc1)C1CC1. The zero-order valence-electron chi connectivity index (χ0n) is 14.8. The lowest BCUT2D eigenvalue weighted by Crippen LogP contribution is -2.33. The maximum Gasteiger partial charge on any atom is 0.224 e. The molecule has 1 fully saturated rings. The number of hydrogen-bond donors (Lipinski definition) is 0. The third kappa shape index (κ3) is 3.89. The number of hydrogen-bond acceptors (Lipinski definition) is 3.